The fourth-order valence-corrected chi connectivity index (χ4v) is 3.52. The van der Waals surface area contributed by atoms with Crippen molar-refractivity contribution in [3.8, 4) is 0 Å². The van der Waals surface area contributed by atoms with Crippen LogP contribution in [0.25, 0.3) is 0 Å². The highest BCUT2D eigenvalue weighted by molar-refractivity contribution is 5.94. The maximum absolute atomic E-state index is 12.7. The van der Waals surface area contributed by atoms with Crippen LogP contribution in [0, 0.1) is 5.92 Å². The Bertz CT molecular complexity index is 546. The number of piperidine rings is 1. The van der Waals surface area contributed by atoms with Crippen molar-refractivity contribution in [2.24, 2.45) is 5.92 Å². The van der Waals surface area contributed by atoms with E-state index in [4.69, 9.17) is 4.74 Å². The van der Waals surface area contributed by atoms with Crippen molar-refractivity contribution in [1.29, 1.82) is 0 Å². The number of benzene rings is 1. The Morgan fingerprint density at radius 2 is 1.91 bits per heavy atom. The number of ether oxygens (including phenoxy) is 1. The van der Waals surface area contributed by atoms with Gasteiger partial charge in [-0.15, -0.1) is 0 Å². The van der Waals surface area contributed by atoms with E-state index in [1.807, 2.05) is 40.1 Å². The van der Waals surface area contributed by atoms with Crippen molar-refractivity contribution in [2.75, 3.05) is 33.4 Å². The van der Waals surface area contributed by atoms with Gasteiger partial charge >= 0.3 is 0 Å². The molecule has 0 N–H and O–H groups in total. The lowest BCUT2D eigenvalue weighted by Gasteiger charge is -2.35. The number of carbonyl (C=O) groups is 2. The molecule has 3 aliphatic heterocycles. The zero-order valence-corrected chi connectivity index (χ0v) is 12.9. The second-order valence-electron chi connectivity index (χ2n) is 6.15. The number of nitrogens with zero attached hydrogens (tertiary/aromatic N) is 2. The van der Waals surface area contributed by atoms with Gasteiger partial charge in [0.2, 0.25) is 5.91 Å². The molecular weight excluding hydrogens is 280 g/mol. The highest BCUT2D eigenvalue weighted by atomic mass is 16.5. The Kier molecular flexibility index (Phi) is 4.43. The van der Waals surface area contributed by atoms with Crippen LogP contribution in [0.5, 0.6) is 0 Å². The molecule has 3 fully saturated rings. The molecule has 4 rings (SSSR count). The number of methoxy groups -OCH3 is 1. The maximum atomic E-state index is 12.7. The van der Waals surface area contributed by atoms with E-state index in [0.29, 0.717) is 12.5 Å². The van der Waals surface area contributed by atoms with Crippen LogP contribution in [-0.4, -0.2) is 61.0 Å². The van der Waals surface area contributed by atoms with Gasteiger partial charge in [0, 0.05) is 38.3 Å². The van der Waals surface area contributed by atoms with E-state index in [0.717, 1.165) is 31.5 Å². The standard InChI is InChI=1S/C17H22N2O3/c1-22-12-16(20)19-10-13-7-8-15(19)11-18(9-13)17(21)14-5-3-2-4-6-14/h2-6,13,15H,7-12H2,1H3/t13-,15+/m0/s1. The van der Waals surface area contributed by atoms with Gasteiger partial charge in [0.25, 0.3) is 5.91 Å². The first-order valence-corrected chi connectivity index (χ1v) is 7.81. The number of hydrogen-bond acceptors (Lipinski definition) is 3. The summed E-state index contributed by atoms with van der Waals surface area (Å²) in [5.41, 5.74) is 0.721. The lowest BCUT2D eigenvalue weighted by molar-refractivity contribution is -0.139. The molecule has 2 bridgehead atoms. The first-order valence-electron chi connectivity index (χ1n) is 7.81. The minimum absolute atomic E-state index is 0.0335. The molecule has 5 heteroatoms. The highest BCUT2D eigenvalue weighted by Gasteiger charge is 2.38. The van der Waals surface area contributed by atoms with Gasteiger partial charge in [-0.1, -0.05) is 18.2 Å². The normalized spacial score (nSPS) is 24.2. The summed E-state index contributed by atoms with van der Waals surface area (Å²) < 4.78 is 4.98. The van der Waals surface area contributed by atoms with Crippen molar-refractivity contribution in [2.45, 2.75) is 18.9 Å². The van der Waals surface area contributed by atoms with Crippen LogP contribution >= 0.6 is 0 Å². The molecule has 0 unspecified atom stereocenters. The average Bonchev–Trinajstić information content (AvgIpc) is 2.87. The molecule has 3 aliphatic rings. The zero-order chi connectivity index (χ0) is 15.5. The smallest absolute Gasteiger partial charge is 0.253 e. The SMILES string of the molecule is COCC(=O)N1C[C@H]2CC[C@@H]1CN(C(=O)c1ccccc1)C2. The Morgan fingerprint density at radius 1 is 1.14 bits per heavy atom. The van der Waals surface area contributed by atoms with Crippen LogP contribution in [0.4, 0.5) is 0 Å². The molecule has 22 heavy (non-hydrogen) atoms. The molecule has 0 aromatic heterocycles. The molecular formula is C17H22N2O3. The Hall–Kier alpha value is -1.88. The van der Waals surface area contributed by atoms with Crippen molar-refractivity contribution in [3.05, 3.63) is 35.9 Å². The number of hydrogen-bond donors (Lipinski definition) is 0. The zero-order valence-electron chi connectivity index (χ0n) is 12.9. The van der Waals surface area contributed by atoms with Crippen LogP contribution in [0.15, 0.2) is 30.3 Å². The van der Waals surface area contributed by atoms with E-state index >= 15 is 0 Å². The van der Waals surface area contributed by atoms with Gasteiger partial charge in [-0.3, -0.25) is 9.59 Å². The first kappa shape index (κ1) is 15.0. The lowest BCUT2D eigenvalue weighted by atomic mass is 9.95. The van der Waals surface area contributed by atoms with Crippen LogP contribution in [0.1, 0.15) is 23.2 Å². The summed E-state index contributed by atoms with van der Waals surface area (Å²) in [6, 6.07) is 9.50. The van der Waals surface area contributed by atoms with E-state index in [9.17, 15) is 9.59 Å². The number of rotatable bonds is 3. The monoisotopic (exact) mass is 302 g/mol. The topological polar surface area (TPSA) is 49.9 Å². The summed E-state index contributed by atoms with van der Waals surface area (Å²) in [4.78, 5) is 28.7. The van der Waals surface area contributed by atoms with E-state index in [2.05, 4.69) is 0 Å². The molecule has 0 aliphatic carbocycles. The Balaban J connectivity index is 1.75. The quantitative estimate of drug-likeness (QED) is 0.848. The summed E-state index contributed by atoms with van der Waals surface area (Å²) in [6.45, 7) is 2.22. The molecule has 3 saturated heterocycles. The van der Waals surface area contributed by atoms with Gasteiger partial charge in [-0.05, 0) is 30.9 Å². The molecule has 118 valence electrons. The third-order valence-electron chi connectivity index (χ3n) is 4.61. The fraction of sp³-hybridized carbons (Fsp3) is 0.529. The second kappa shape index (κ2) is 6.48. The Morgan fingerprint density at radius 3 is 2.64 bits per heavy atom. The number of amides is 2. The average molecular weight is 302 g/mol. The maximum Gasteiger partial charge on any atom is 0.253 e. The first-order chi connectivity index (χ1) is 10.7. The molecule has 0 spiro atoms. The van der Waals surface area contributed by atoms with Crippen molar-refractivity contribution in [1.82, 2.24) is 9.80 Å². The van der Waals surface area contributed by atoms with Crippen molar-refractivity contribution < 1.29 is 14.3 Å². The van der Waals surface area contributed by atoms with Gasteiger partial charge in [0.1, 0.15) is 6.61 Å². The van der Waals surface area contributed by atoms with Gasteiger partial charge < -0.3 is 14.5 Å². The number of carbonyl (C=O) groups excluding carboxylic acids is 2. The lowest BCUT2D eigenvalue weighted by Crippen LogP contribution is -2.48. The summed E-state index contributed by atoms with van der Waals surface area (Å²) in [6.07, 6.45) is 2.05. The predicted molar refractivity (Wildman–Crippen MR) is 82.4 cm³/mol. The van der Waals surface area contributed by atoms with Crippen molar-refractivity contribution in [3.63, 3.8) is 0 Å². The fourth-order valence-electron chi connectivity index (χ4n) is 3.52. The van der Waals surface area contributed by atoms with Gasteiger partial charge in [0.15, 0.2) is 0 Å². The second-order valence-corrected chi connectivity index (χ2v) is 6.15. The molecule has 3 heterocycles. The van der Waals surface area contributed by atoms with Gasteiger partial charge in [-0.2, -0.15) is 0 Å². The molecule has 2 amide bonds. The molecule has 1 aromatic rings. The highest BCUT2D eigenvalue weighted by Crippen LogP contribution is 2.28. The minimum atomic E-state index is 0.0335. The molecule has 0 saturated carbocycles. The van der Waals surface area contributed by atoms with E-state index in [1.165, 1.54) is 0 Å². The Labute approximate surface area is 130 Å². The van der Waals surface area contributed by atoms with Crippen molar-refractivity contribution >= 4 is 11.8 Å². The molecule has 1 aromatic carbocycles. The van der Waals surface area contributed by atoms with Crippen LogP contribution < -0.4 is 0 Å². The molecule has 5 nitrogen and oxygen atoms in total. The summed E-state index contributed by atoms with van der Waals surface area (Å²) >= 11 is 0. The summed E-state index contributed by atoms with van der Waals surface area (Å²) in [7, 11) is 1.54. The van der Waals surface area contributed by atoms with Crippen LogP contribution in [0.3, 0.4) is 0 Å². The van der Waals surface area contributed by atoms with E-state index in [1.54, 1.807) is 7.11 Å². The minimum Gasteiger partial charge on any atom is -0.375 e. The van der Waals surface area contributed by atoms with E-state index < -0.39 is 0 Å². The van der Waals surface area contributed by atoms with Gasteiger partial charge in [-0.25, -0.2) is 0 Å². The predicted octanol–water partition coefficient (Wildman–Crippen LogP) is 1.40. The third-order valence-corrected chi connectivity index (χ3v) is 4.61. The molecule has 2 atom stereocenters. The third kappa shape index (κ3) is 2.99. The number of fused-ring (bicyclic) bond motifs is 4. The molecule has 0 radical (unpaired) electrons. The summed E-state index contributed by atoms with van der Waals surface area (Å²) in [5, 5.41) is 0. The van der Waals surface area contributed by atoms with Crippen LogP contribution in [-0.2, 0) is 9.53 Å². The van der Waals surface area contributed by atoms with Crippen LogP contribution in [0.2, 0.25) is 0 Å². The van der Waals surface area contributed by atoms with Gasteiger partial charge in [0.05, 0.1) is 0 Å². The summed E-state index contributed by atoms with van der Waals surface area (Å²) in [5.74, 6) is 0.469. The largest absolute Gasteiger partial charge is 0.375 e. The van der Waals surface area contributed by atoms with E-state index in [-0.39, 0.29) is 24.5 Å².